The Morgan fingerprint density at radius 3 is 3.00 bits per heavy atom. The first kappa shape index (κ1) is 14.9. The lowest BCUT2D eigenvalue weighted by atomic mass is 9.88. The summed E-state index contributed by atoms with van der Waals surface area (Å²) in [6.07, 6.45) is 2.72. The van der Waals surface area contributed by atoms with E-state index in [1.54, 1.807) is 0 Å². The van der Waals surface area contributed by atoms with Gasteiger partial charge in [0.05, 0.1) is 18.1 Å². The Morgan fingerprint density at radius 2 is 2.19 bits per heavy atom. The van der Waals surface area contributed by atoms with Gasteiger partial charge < -0.3 is 10.1 Å². The van der Waals surface area contributed by atoms with Gasteiger partial charge in [0.15, 0.2) is 9.84 Å². The van der Waals surface area contributed by atoms with Gasteiger partial charge in [-0.05, 0) is 49.1 Å². The zero-order valence-electron chi connectivity index (χ0n) is 12.5. The van der Waals surface area contributed by atoms with Gasteiger partial charge in [0.2, 0.25) is 0 Å². The van der Waals surface area contributed by atoms with E-state index in [0.29, 0.717) is 12.4 Å². The molecule has 116 valence electrons. The van der Waals surface area contributed by atoms with Crippen LogP contribution in [0.3, 0.4) is 0 Å². The number of fused-ring (bicyclic) bond motifs is 1. The second kappa shape index (κ2) is 5.61. The summed E-state index contributed by atoms with van der Waals surface area (Å²) < 4.78 is 29.5. The van der Waals surface area contributed by atoms with E-state index >= 15 is 0 Å². The summed E-state index contributed by atoms with van der Waals surface area (Å²) in [4.78, 5) is 0. The molecule has 0 aliphatic carbocycles. The molecule has 2 aliphatic rings. The van der Waals surface area contributed by atoms with Crippen LogP contribution in [-0.2, 0) is 22.8 Å². The van der Waals surface area contributed by atoms with Crippen LogP contribution < -0.4 is 10.1 Å². The van der Waals surface area contributed by atoms with Crippen LogP contribution in [0, 0.1) is 5.41 Å². The number of nitrogens with one attached hydrogen (secondary N) is 1. The zero-order valence-corrected chi connectivity index (χ0v) is 13.3. The predicted molar refractivity (Wildman–Crippen MR) is 83.3 cm³/mol. The molecule has 3 rings (SSSR count). The van der Waals surface area contributed by atoms with Crippen molar-refractivity contribution in [2.75, 3.05) is 24.7 Å². The molecule has 1 unspecified atom stereocenters. The Hall–Kier alpha value is -1.07. The molecule has 1 aromatic carbocycles. The first-order valence-corrected chi connectivity index (χ1v) is 9.44. The fourth-order valence-electron chi connectivity index (χ4n) is 3.31. The maximum absolute atomic E-state index is 11.8. The lowest BCUT2D eigenvalue weighted by molar-refractivity contribution is 0.167. The SMILES string of the molecule is CC1(COc2ccc3c(c2)CNCC3)CCCS(=O)(=O)C1. The van der Waals surface area contributed by atoms with Crippen LogP contribution in [0.25, 0.3) is 0 Å². The van der Waals surface area contributed by atoms with Crippen molar-refractivity contribution in [2.24, 2.45) is 5.41 Å². The standard InChI is InChI=1S/C16H23NO3S/c1-16(6-2-8-21(18,19)12-16)11-20-15-4-3-13-5-7-17-10-14(13)9-15/h3-4,9,17H,2,5-8,10-12H2,1H3. The van der Waals surface area contributed by atoms with Crippen molar-refractivity contribution >= 4 is 9.84 Å². The normalized spacial score (nSPS) is 27.9. The van der Waals surface area contributed by atoms with E-state index in [9.17, 15) is 8.42 Å². The fraction of sp³-hybridized carbons (Fsp3) is 0.625. The van der Waals surface area contributed by atoms with Crippen LogP contribution in [0.1, 0.15) is 30.9 Å². The molecule has 0 bridgehead atoms. The Kier molecular flexibility index (Phi) is 3.97. The highest BCUT2D eigenvalue weighted by molar-refractivity contribution is 7.91. The molecule has 1 N–H and O–H groups in total. The molecular weight excluding hydrogens is 286 g/mol. The first-order valence-electron chi connectivity index (χ1n) is 7.62. The summed E-state index contributed by atoms with van der Waals surface area (Å²) in [5.41, 5.74) is 2.42. The van der Waals surface area contributed by atoms with Gasteiger partial charge in [0, 0.05) is 12.0 Å². The maximum atomic E-state index is 11.8. The molecule has 2 aliphatic heterocycles. The van der Waals surface area contributed by atoms with Crippen molar-refractivity contribution in [3.8, 4) is 5.75 Å². The van der Waals surface area contributed by atoms with Gasteiger partial charge in [-0.25, -0.2) is 8.42 Å². The van der Waals surface area contributed by atoms with Crippen LogP contribution in [0.4, 0.5) is 0 Å². The molecule has 1 fully saturated rings. The van der Waals surface area contributed by atoms with Gasteiger partial charge in [0.25, 0.3) is 0 Å². The molecule has 1 atom stereocenters. The molecule has 1 aromatic rings. The van der Waals surface area contributed by atoms with E-state index in [4.69, 9.17) is 4.74 Å². The van der Waals surface area contributed by atoms with E-state index in [2.05, 4.69) is 17.4 Å². The van der Waals surface area contributed by atoms with Crippen molar-refractivity contribution in [1.82, 2.24) is 5.32 Å². The minimum Gasteiger partial charge on any atom is -0.493 e. The molecule has 0 aromatic heterocycles. The molecule has 2 heterocycles. The number of sulfone groups is 1. The third-order valence-corrected chi connectivity index (χ3v) is 6.50. The Balaban J connectivity index is 1.67. The molecule has 5 heteroatoms. The number of rotatable bonds is 3. The first-order chi connectivity index (χ1) is 9.96. The number of hydrogen-bond acceptors (Lipinski definition) is 4. The second-order valence-corrected chi connectivity index (χ2v) is 8.84. The van der Waals surface area contributed by atoms with Crippen molar-refractivity contribution < 1.29 is 13.2 Å². The van der Waals surface area contributed by atoms with Crippen LogP contribution in [0.15, 0.2) is 18.2 Å². The molecular formula is C16H23NO3S. The molecule has 0 spiro atoms. The van der Waals surface area contributed by atoms with E-state index < -0.39 is 9.84 Å². The van der Waals surface area contributed by atoms with Crippen LogP contribution in [0.2, 0.25) is 0 Å². The van der Waals surface area contributed by atoms with Crippen molar-refractivity contribution in [3.05, 3.63) is 29.3 Å². The van der Waals surface area contributed by atoms with Gasteiger partial charge in [-0.2, -0.15) is 0 Å². The molecule has 0 saturated carbocycles. The lowest BCUT2D eigenvalue weighted by Gasteiger charge is -2.33. The summed E-state index contributed by atoms with van der Waals surface area (Å²) in [7, 11) is -2.90. The van der Waals surface area contributed by atoms with E-state index in [1.165, 1.54) is 11.1 Å². The zero-order chi connectivity index (χ0) is 14.9. The highest BCUT2D eigenvalue weighted by Crippen LogP contribution is 2.32. The largest absolute Gasteiger partial charge is 0.493 e. The summed E-state index contributed by atoms with van der Waals surface area (Å²) >= 11 is 0. The Labute approximate surface area is 126 Å². The summed E-state index contributed by atoms with van der Waals surface area (Å²) in [5.74, 6) is 1.42. The predicted octanol–water partition coefficient (Wildman–Crippen LogP) is 1.93. The number of ether oxygens (including phenoxy) is 1. The Bertz CT molecular complexity index is 626. The quantitative estimate of drug-likeness (QED) is 0.927. The maximum Gasteiger partial charge on any atom is 0.150 e. The van der Waals surface area contributed by atoms with Gasteiger partial charge in [-0.1, -0.05) is 13.0 Å². The molecule has 1 saturated heterocycles. The minimum absolute atomic E-state index is 0.243. The number of hydrogen-bond donors (Lipinski definition) is 1. The molecule has 4 nitrogen and oxygen atoms in total. The van der Waals surface area contributed by atoms with Crippen LogP contribution in [0.5, 0.6) is 5.75 Å². The number of benzene rings is 1. The fourth-order valence-corrected chi connectivity index (χ4v) is 5.33. The highest BCUT2D eigenvalue weighted by atomic mass is 32.2. The average molecular weight is 309 g/mol. The Morgan fingerprint density at radius 1 is 1.33 bits per heavy atom. The van der Waals surface area contributed by atoms with E-state index in [1.807, 2.05) is 13.0 Å². The second-order valence-electron chi connectivity index (χ2n) is 6.65. The topological polar surface area (TPSA) is 55.4 Å². The highest BCUT2D eigenvalue weighted by Gasteiger charge is 2.35. The third kappa shape index (κ3) is 3.58. The van der Waals surface area contributed by atoms with Crippen molar-refractivity contribution in [1.29, 1.82) is 0 Å². The van der Waals surface area contributed by atoms with Gasteiger partial charge in [-0.3, -0.25) is 0 Å². The van der Waals surface area contributed by atoms with Crippen LogP contribution >= 0.6 is 0 Å². The van der Waals surface area contributed by atoms with E-state index in [0.717, 1.165) is 38.1 Å². The lowest BCUT2D eigenvalue weighted by Crippen LogP contribution is -2.38. The van der Waals surface area contributed by atoms with Crippen molar-refractivity contribution in [2.45, 2.75) is 32.7 Å². The van der Waals surface area contributed by atoms with Gasteiger partial charge >= 0.3 is 0 Å². The van der Waals surface area contributed by atoms with Crippen molar-refractivity contribution in [3.63, 3.8) is 0 Å². The summed E-state index contributed by atoms with van der Waals surface area (Å²) in [6.45, 7) is 4.41. The monoisotopic (exact) mass is 309 g/mol. The van der Waals surface area contributed by atoms with Gasteiger partial charge in [-0.15, -0.1) is 0 Å². The third-order valence-electron chi connectivity index (χ3n) is 4.46. The minimum atomic E-state index is -2.90. The smallest absolute Gasteiger partial charge is 0.150 e. The summed E-state index contributed by atoms with van der Waals surface area (Å²) in [5, 5.41) is 3.36. The molecule has 0 amide bonds. The van der Waals surface area contributed by atoms with E-state index in [-0.39, 0.29) is 11.2 Å². The van der Waals surface area contributed by atoms with Crippen LogP contribution in [-0.4, -0.2) is 33.1 Å². The summed E-state index contributed by atoms with van der Waals surface area (Å²) in [6, 6.07) is 6.22. The molecule has 21 heavy (non-hydrogen) atoms. The average Bonchev–Trinajstić information content (AvgIpc) is 2.44. The van der Waals surface area contributed by atoms with Gasteiger partial charge in [0.1, 0.15) is 5.75 Å². The molecule has 0 radical (unpaired) electrons.